The van der Waals surface area contributed by atoms with Crippen molar-refractivity contribution in [2.24, 2.45) is 5.92 Å². The highest BCUT2D eigenvalue weighted by atomic mass is 35.5. The molecule has 0 spiro atoms. The number of carbonyl (C=O) groups is 1. The number of halogens is 1. The molecule has 130 valence electrons. The van der Waals surface area contributed by atoms with Gasteiger partial charge in [0.25, 0.3) is 0 Å². The van der Waals surface area contributed by atoms with Crippen LogP contribution in [0.15, 0.2) is 0 Å². The van der Waals surface area contributed by atoms with E-state index < -0.39 is 0 Å². The molecule has 0 aromatic carbocycles. The fraction of sp³-hybridized carbons (Fsp3) is 0.941. The molecule has 22 heavy (non-hydrogen) atoms. The van der Waals surface area contributed by atoms with Crippen LogP contribution in [0.3, 0.4) is 0 Å². The zero-order valence-corrected chi connectivity index (χ0v) is 14.8. The molecule has 1 aliphatic heterocycles. The Balaban J connectivity index is 0.00000242. The largest absolute Gasteiger partial charge is 0.365 e. The van der Waals surface area contributed by atoms with Crippen molar-refractivity contribution in [3.05, 3.63) is 0 Å². The molecular weight excluding hydrogens is 300 g/mol. The Labute approximate surface area is 141 Å². The van der Waals surface area contributed by atoms with Gasteiger partial charge >= 0.3 is 0 Å². The minimum absolute atomic E-state index is 0. The second-order valence-corrected chi connectivity index (χ2v) is 6.59. The number of piperidine rings is 1. The molecule has 1 amide bonds. The van der Waals surface area contributed by atoms with E-state index >= 15 is 0 Å². The lowest BCUT2D eigenvalue weighted by Crippen LogP contribution is -2.40. The fourth-order valence-electron chi connectivity index (χ4n) is 3.46. The van der Waals surface area contributed by atoms with E-state index in [0.717, 1.165) is 51.2 Å². The van der Waals surface area contributed by atoms with Gasteiger partial charge in [-0.3, -0.25) is 4.79 Å². The van der Waals surface area contributed by atoms with Gasteiger partial charge in [0.2, 0.25) is 5.91 Å². The third kappa shape index (κ3) is 6.84. The molecule has 2 unspecified atom stereocenters. The summed E-state index contributed by atoms with van der Waals surface area (Å²) < 4.78 is 6.02. The van der Waals surface area contributed by atoms with Crippen LogP contribution in [0.2, 0.25) is 0 Å². The Hall–Kier alpha value is -0.320. The van der Waals surface area contributed by atoms with Gasteiger partial charge in [0.15, 0.2) is 0 Å². The molecule has 2 fully saturated rings. The third-order valence-electron chi connectivity index (χ3n) is 4.82. The summed E-state index contributed by atoms with van der Waals surface area (Å²) in [5.74, 6) is 0.810. The molecule has 1 aliphatic carbocycles. The number of rotatable bonds is 7. The van der Waals surface area contributed by atoms with Crippen LogP contribution in [0.1, 0.15) is 64.7 Å². The molecule has 1 saturated heterocycles. The molecule has 1 heterocycles. The number of hydrogen-bond acceptors (Lipinski definition) is 3. The van der Waals surface area contributed by atoms with Crippen molar-refractivity contribution in [3.63, 3.8) is 0 Å². The minimum atomic E-state index is -0.252. The molecule has 0 aromatic heterocycles. The quantitative estimate of drug-likeness (QED) is 0.753. The SMILES string of the molecule is CCC(OC1CCCCC1)C(=O)NCCC1CCCNC1.Cl. The average Bonchev–Trinajstić information content (AvgIpc) is 2.54. The van der Waals surface area contributed by atoms with Gasteiger partial charge in [-0.1, -0.05) is 26.2 Å². The van der Waals surface area contributed by atoms with Crippen molar-refractivity contribution < 1.29 is 9.53 Å². The molecule has 0 bridgehead atoms. The van der Waals surface area contributed by atoms with Crippen LogP contribution in [0.4, 0.5) is 0 Å². The summed E-state index contributed by atoms with van der Waals surface area (Å²) in [6.07, 6.45) is 10.5. The topological polar surface area (TPSA) is 50.4 Å². The van der Waals surface area contributed by atoms with Crippen LogP contribution in [-0.4, -0.2) is 37.7 Å². The molecule has 0 radical (unpaired) electrons. The summed E-state index contributed by atoms with van der Waals surface area (Å²) in [4.78, 5) is 12.2. The maximum Gasteiger partial charge on any atom is 0.249 e. The zero-order chi connectivity index (χ0) is 14.9. The first-order valence-electron chi connectivity index (χ1n) is 8.93. The van der Waals surface area contributed by atoms with Crippen LogP contribution in [-0.2, 0) is 9.53 Å². The lowest BCUT2D eigenvalue weighted by Gasteiger charge is -2.27. The maximum absolute atomic E-state index is 12.2. The summed E-state index contributed by atoms with van der Waals surface area (Å²) in [5, 5.41) is 6.50. The number of nitrogens with one attached hydrogen (secondary N) is 2. The zero-order valence-electron chi connectivity index (χ0n) is 13.9. The molecule has 2 atom stereocenters. The molecule has 5 heteroatoms. The van der Waals surface area contributed by atoms with Crippen molar-refractivity contribution in [1.29, 1.82) is 0 Å². The lowest BCUT2D eigenvalue weighted by molar-refractivity contribution is -0.138. The normalized spacial score (nSPS) is 24.3. The van der Waals surface area contributed by atoms with Crippen LogP contribution in [0.25, 0.3) is 0 Å². The summed E-state index contributed by atoms with van der Waals surface area (Å²) in [5.41, 5.74) is 0. The minimum Gasteiger partial charge on any atom is -0.365 e. The molecule has 0 aromatic rings. The first-order chi connectivity index (χ1) is 10.3. The van der Waals surface area contributed by atoms with Crippen LogP contribution in [0, 0.1) is 5.92 Å². The van der Waals surface area contributed by atoms with Gasteiger partial charge in [0.1, 0.15) is 6.10 Å². The van der Waals surface area contributed by atoms with Gasteiger partial charge in [-0.15, -0.1) is 12.4 Å². The van der Waals surface area contributed by atoms with E-state index in [1.807, 2.05) is 6.92 Å². The highest BCUT2D eigenvalue weighted by Crippen LogP contribution is 2.22. The van der Waals surface area contributed by atoms with E-state index in [2.05, 4.69) is 10.6 Å². The summed E-state index contributed by atoms with van der Waals surface area (Å²) in [6, 6.07) is 0. The summed E-state index contributed by atoms with van der Waals surface area (Å²) in [6.45, 7) is 5.08. The monoisotopic (exact) mass is 332 g/mol. The predicted octanol–water partition coefficient (Wildman–Crippen LogP) is 3.04. The Bertz CT molecular complexity index is 303. The van der Waals surface area contributed by atoms with E-state index in [-0.39, 0.29) is 24.4 Å². The van der Waals surface area contributed by atoms with Crippen molar-refractivity contribution >= 4 is 18.3 Å². The van der Waals surface area contributed by atoms with Crippen LogP contribution < -0.4 is 10.6 Å². The van der Waals surface area contributed by atoms with Crippen molar-refractivity contribution in [2.75, 3.05) is 19.6 Å². The lowest BCUT2D eigenvalue weighted by atomic mass is 9.96. The Morgan fingerprint density at radius 2 is 2.00 bits per heavy atom. The fourth-order valence-corrected chi connectivity index (χ4v) is 3.46. The Morgan fingerprint density at radius 3 is 2.64 bits per heavy atom. The first kappa shape index (κ1) is 19.7. The first-order valence-corrected chi connectivity index (χ1v) is 8.93. The molecule has 2 N–H and O–H groups in total. The van der Waals surface area contributed by atoms with Crippen molar-refractivity contribution in [1.82, 2.24) is 10.6 Å². The van der Waals surface area contributed by atoms with Gasteiger partial charge < -0.3 is 15.4 Å². The maximum atomic E-state index is 12.2. The highest BCUT2D eigenvalue weighted by molar-refractivity contribution is 5.85. The smallest absolute Gasteiger partial charge is 0.249 e. The highest BCUT2D eigenvalue weighted by Gasteiger charge is 2.23. The average molecular weight is 333 g/mol. The van der Waals surface area contributed by atoms with Crippen LogP contribution in [0.5, 0.6) is 0 Å². The summed E-state index contributed by atoms with van der Waals surface area (Å²) in [7, 11) is 0. The number of amides is 1. The van der Waals surface area contributed by atoms with Gasteiger partial charge in [0.05, 0.1) is 6.10 Å². The van der Waals surface area contributed by atoms with E-state index in [4.69, 9.17) is 4.74 Å². The molecule has 2 aliphatic rings. The number of carbonyl (C=O) groups excluding carboxylic acids is 1. The van der Waals surface area contributed by atoms with Gasteiger partial charge in [-0.25, -0.2) is 0 Å². The predicted molar refractivity (Wildman–Crippen MR) is 92.5 cm³/mol. The number of ether oxygens (including phenoxy) is 1. The third-order valence-corrected chi connectivity index (χ3v) is 4.82. The van der Waals surface area contributed by atoms with Crippen molar-refractivity contribution in [2.45, 2.75) is 76.9 Å². The number of hydrogen-bond donors (Lipinski definition) is 2. The summed E-state index contributed by atoms with van der Waals surface area (Å²) >= 11 is 0. The van der Waals surface area contributed by atoms with Gasteiger partial charge in [0, 0.05) is 6.54 Å². The molecule has 4 nitrogen and oxygen atoms in total. The second kappa shape index (κ2) is 11.3. The second-order valence-electron chi connectivity index (χ2n) is 6.59. The standard InChI is InChI=1S/C17H32N2O2.ClH/c1-2-16(21-15-8-4-3-5-9-15)17(20)19-12-10-14-7-6-11-18-13-14;/h14-16,18H,2-13H2,1H3,(H,19,20);1H. The molecule has 2 rings (SSSR count). The van der Waals surface area contributed by atoms with Gasteiger partial charge in [-0.05, 0) is 57.5 Å². The van der Waals surface area contributed by atoms with E-state index in [1.165, 1.54) is 32.1 Å². The Kier molecular flexibility index (Phi) is 10.1. The van der Waals surface area contributed by atoms with E-state index in [1.54, 1.807) is 0 Å². The Morgan fingerprint density at radius 1 is 1.23 bits per heavy atom. The van der Waals surface area contributed by atoms with Gasteiger partial charge in [-0.2, -0.15) is 0 Å². The molecular formula is C17H33ClN2O2. The van der Waals surface area contributed by atoms with E-state index in [9.17, 15) is 4.79 Å². The van der Waals surface area contributed by atoms with Crippen molar-refractivity contribution in [3.8, 4) is 0 Å². The molecule has 1 saturated carbocycles. The van der Waals surface area contributed by atoms with Crippen LogP contribution >= 0.6 is 12.4 Å². The van der Waals surface area contributed by atoms with E-state index in [0.29, 0.717) is 6.10 Å².